The first-order valence-corrected chi connectivity index (χ1v) is 7.19. The maximum absolute atomic E-state index is 13.1. The molecule has 0 bridgehead atoms. The number of nitriles is 1. The van der Waals surface area contributed by atoms with Crippen molar-refractivity contribution in [1.82, 2.24) is 0 Å². The molecule has 0 heterocycles. The monoisotopic (exact) mass is 280 g/mol. The summed E-state index contributed by atoms with van der Waals surface area (Å²) < 4.78 is 13.1. The molecule has 2 aromatic carbocycles. The van der Waals surface area contributed by atoms with E-state index in [1.54, 1.807) is 6.07 Å². The Morgan fingerprint density at radius 2 is 1.95 bits per heavy atom. The SMILES string of the molecule is Cc1ccccc1C1CC(Nc2ccc(F)cc2C#N)C1. The highest BCUT2D eigenvalue weighted by Crippen LogP contribution is 2.40. The van der Waals surface area contributed by atoms with Crippen LogP contribution in [0.5, 0.6) is 0 Å². The minimum absolute atomic E-state index is 0.354. The summed E-state index contributed by atoms with van der Waals surface area (Å²) >= 11 is 0. The van der Waals surface area contributed by atoms with Crippen LogP contribution in [0.1, 0.15) is 35.4 Å². The van der Waals surface area contributed by atoms with E-state index >= 15 is 0 Å². The van der Waals surface area contributed by atoms with Crippen LogP contribution in [0.4, 0.5) is 10.1 Å². The van der Waals surface area contributed by atoms with Gasteiger partial charge < -0.3 is 5.32 Å². The average molecular weight is 280 g/mol. The first-order chi connectivity index (χ1) is 10.2. The summed E-state index contributed by atoms with van der Waals surface area (Å²) in [6, 6.07) is 15.2. The predicted octanol–water partition coefficient (Wildman–Crippen LogP) is 4.36. The van der Waals surface area contributed by atoms with Crippen LogP contribution in [-0.2, 0) is 0 Å². The van der Waals surface area contributed by atoms with Crippen LogP contribution in [0, 0.1) is 24.1 Å². The van der Waals surface area contributed by atoms with E-state index in [1.165, 1.54) is 23.3 Å². The van der Waals surface area contributed by atoms with Gasteiger partial charge in [0.25, 0.3) is 0 Å². The fourth-order valence-electron chi connectivity index (χ4n) is 2.99. The Balaban J connectivity index is 1.66. The van der Waals surface area contributed by atoms with Gasteiger partial charge in [0.05, 0.1) is 11.3 Å². The van der Waals surface area contributed by atoms with Crippen LogP contribution < -0.4 is 5.32 Å². The zero-order valence-electron chi connectivity index (χ0n) is 11.9. The molecule has 1 saturated carbocycles. The van der Waals surface area contributed by atoms with Gasteiger partial charge in [-0.25, -0.2) is 4.39 Å². The molecule has 0 atom stereocenters. The largest absolute Gasteiger partial charge is 0.381 e. The van der Waals surface area contributed by atoms with Gasteiger partial charge in [0.15, 0.2) is 0 Å². The molecule has 3 heteroatoms. The minimum atomic E-state index is -0.372. The standard InChI is InChI=1S/C18H17FN2/c1-12-4-2-3-5-17(12)13-9-16(10-13)21-18-7-6-15(19)8-14(18)11-20/h2-8,13,16,21H,9-10H2,1H3. The highest BCUT2D eigenvalue weighted by molar-refractivity contribution is 5.58. The van der Waals surface area contributed by atoms with Gasteiger partial charge in [-0.15, -0.1) is 0 Å². The topological polar surface area (TPSA) is 35.8 Å². The van der Waals surface area contributed by atoms with E-state index in [9.17, 15) is 4.39 Å². The Morgan fingerprint density at radius 1 is 1.19 bits per heavy atom. The summed E-state index contributed by atoms with van der Waals surface area (Å²) in [6.45, 7) is 2.14. The molecule has 2 aromatic rings. The van der Waals surface area contributed by atoms with E-state index < -0.39 is 0 Å². The van der Waals surface area contributed by atoms with Crippen molar-refractivity contribution in [3.63, 3.8) is 0 Å². The molecule has 0 amide bonds. The molecule has 1 N–H and O–H groups in total. The van der Waals surface area contributed by atoms with E-state index in [0.29, 0.717) is 17.5 Å². The highest BCUT2D eigenvalue weighted by atomic mass is 19.1. The Hall–Kier alpha value is -2.34. The fourth-order valence-corrected chi connectivity index (χ4v) is 2.99. The predicted molar refractivity (Wildman–Crippen MR) is 81.7 cm³/mol. The Morgan fingerprint density at radius 3 is 2.67 bits per heavy atom. The molecule has 0 unspecified atom stereocenters. The van der Waals surface area contributed by atoms with Gasteiger partial charge >= 0.3 is 0 Å². The van der Waals surface area contributed by atoms with Crippen molar-refractivity contribution >= 4 is 5.69 Å². The van der Waals surface area contributed by atoms with Crippen molar-refractivity contribution in [3.8, 4) is 6.07 Å². The molecule has 0 saturated heterocycles. The van der Waals surface area contributed by atoms with Gasteiger partial charge in [-0.2, -0.15) is 5.26 Å². The molecule has 2 nitrogen and oxygen atoms in total. The molecule has 0 spiro atoms. The smallest absolute Gasteiger partial charge is 0.124 e. The number of rotatable bonds is 3. The highest BCUT2D eigenvalue weighted by Gasteiger charge is 2.31. The van der Waals surface area contributed by atoms with Crippen LogP contribution in [-0.4, -0.2) is 6.04 Å². The number of aryl methyl sites for hydroxylation is 1. The maximum atomic E-state index is 13.1. The van der Waals surface area contributed by atoms with Crippen LogP contribution in [0.25, 0.3) is 0 Å². The quantitative estimate of drug-likeness (QED) is 0.906. The zero-order valence-corrected chi connectivity index (χ0v) is 11.9. The van der Waals surface area contributed by atoms with Crippen molar-refractivity contribution < 1.29 is 4.39 Å². The summed E-state index contributed by atoms with van der Waals surface area (Å²) in [5.41, 5.74) is 3.84. The normalized spacial score (nSPS) is 20.4. The summed E-state index contributed by atoms with van der Waals surface area (Å²) in [6.07, 6.45) is 2.10. The van der Waals surface area contributed by atoms with Crippen LogP contribution in [0.2, 0.25) is 0 Å². The van der Waals surface area contributed by atoms with Gasteiger partial charge in [0, 0.05) is 6.04 Å². The van der Waals surface area contributed by atoms with E-state index in [2.05, 4.69) is 36.5 Å². The molecule has 21 heavy (non-hydrogen) atoms. The van der Waals surface area contributed by atoms with Crippen molar-refractivity contribution in [1.29, 1.82) is 5.26 Å². The molecule has 1 fully saturated rings. The maximum Gasteiger partial charge on any atom is 0.124 e. The van der Waals surface area contributed by atoms with Crippen LogP contribution >= 0.6 is 0 Å². The summed E-state index contributed by atoms with van der Waals surface area (Å²) in [7, 11) is 0. The van der Waals surface area contributed by atoms with Gasteiger partial charge in [-0.1, -0.05) is 24.3 Å². The van der Waals surface area contributed by atoms with E-state index in [-0.39, 0.29) is 5.82 Å². The second kappa shape index (κ2) is 5.57. The zero-order chi connectivity index (χ0) is 14.8. The molecule has 0 aliphatic heterocycles. The van der Waals surface area contributed by atoms with Gasteiger partial charge in [0.2, 0.25) is 0 Å². The van der Waals surface area contributed by atoms with E-state index in [4.69, 9.17) is 5.26 Å². The molecular weight excluding hydrogens is 263 g/mol. The third kappa shape index (κ3) is 2.75. The summed E-state index contributed by atoms with van der Waals surface area (Å²) in [5, 5.41) is 12.4. The second-order valence-corrected chi connectivity index (χ2v) is 5.67. The molecule has 1 aliphatic rings. The molecular formula is C18H17FN2. The van der Waals surface area contributed by atoms with Crippen molar-refractivity contribution in [3.05, 3.63) is 65.0 Å². The first kappa shape index (κ1) is 13.6. The number of halogens is 1. The van der Waals surface area contributed by atoms with Gasteiger partial charge in [-0.05, 0) is 55.0 Å². The van der Waals surface area contributed by atoms with Crippen molar-refractivity contribution in [2.24, 2.45) is 0 Å². The summed E-state index contributed by atoms with van der Waals surface area (Å²) in [4.78, 5) is 0. The fraction of sp³-hybridized carbons (Fsp3) is 0.278. The number of benzene rings is 2. The average Bonchev–Trinajstić information content (AvgIpc) is 2.44. The lowest BCUT2D eigenvalue weighted by Crippen LogP contribution is -2.34. The Kier molecular flexibility index (Phi) is 3.62. The Labute approximate surface area is 124 Å². The van der Waals surface area contributed by atoms with Crippen LogP contribution in [0.15, 0.2) is 42.5 Å². The molecule has 0 radical (unpaired) electrons. The number of anilines is 1. The lowest BCUT2D eigenvalue weighted by Gasteiger charge is -2.37. The first-order valence-electron chi connectivity index (χ1n) is 7.19. The molecule has 1 aliphatic carbocycles. The van der Waals surface area contributed by atoms with Crippen molar-refractivity contribution in [2.75, 3.05) is 5.32 Å². The Bertz CT molecular complexity index is 697. The minimum Gasteiger partial charge on any atom is -0.381 e. The van der Waals surface area contributed by atoms with Gasteiger partial charge in [0.1, 0.15) is 11.9 Å². The number of nitrogens with one attached hydrogen (secondary N) is 1. The third-order valence-corrected chi connectivity index (χ3v) is 4.23. The second-order valence-electron chi connectivity index (χ2n) is 5.67. The molecule has 0 aromatic heterocycles. The molecule has 106 valence electrons. The van der Waals surface area contributed by atoms with E-state index in [1.807, 2.05) is 6.07 Å². The van der Waals surface area contributed by atoms with Gasteiger partial charge in [-0.3, -0.25) is 0 Å². The van der Waals surface area contributed by atoms with E-state index in [0.717, 1.165) is 18.5 Å². The lowest BCUT2D eigenvalue weighted by atomic mass is 9.74. The summed E-state index contributed by atoms with van der Waals surface area (Å²) in [5.74, 6) is 0.207. The lowest BCUT2D eigenvalue weighted by molar-refractivity contribution is 0.373. The third-order valence-electron chi connectivity index (χ3n) is 4.23. The number of nitrogens with zero attached hydrogens (tertiary/aromatic N) is 1. The van der Waals surface area contributed by atoms with Crippen LogP contribution in [0.3, 0.4) is 0 Å². The van der Waals surface area contributed by atoms with Crippen molar-refractivity contribution in [2.45, 2.75) is 31.7 Å². The number of hydrogen-bond donors (Lipinski definition) is 1. The number of hydrogen-bond acceptors (Lipinski definition) is 2. The molecule has 3 rings (SSSR count).